The van der Waals surface area contributed by atoms with Crippen LogP contribution >= 0.6 is 11.6 Å². The van der Waals surface area contributed by atoms with Gasteiger partial charge in [-0.3, -0.25) is 4.79 Å². The summed E-state index contributed by atoms with van der Waals surface area (Å²) in [6.07, 6.45) is 3.25. The van der Waals surface area contributed by atoms with Crippen LogP contribution in [0, 0.1) is 11.6 Å². The van der Waals surface area contributed by atoms with Gasteiger partial charge in [0.15, 0.2) is 0 Å². The quantitative estimate of drug-likeness (QED) is 0.543. The van der Waals surface area contributed by atoms with Crippen molar-refractivity contribution in [2.75, 3.05) is 0 Å². The summed E-state index contributed by atoms with van der Waals surface area (Å²) in [5, 5.41) is 4.62. The maximum Gasteiger partial charge on any atom is 0.276 e. The second-order valence-corrected chi connectivity index (χ2v) is 6.24. The summed E-state index contributed by atoms with van der Waals surface area (Å²) >= 11 is 6.04. The molecule has 0 aliphatic heterocycles. The molecule has 0 saturated carbocycles. The first-order valence-corrected chi connectivity index (χ1v) is 8.18. The number of rotatable bonds is 3. The van der Waals surface area contributed by atoms with Crippen LogP contribution in [0.3, 0.4) is 0 Å². The highest BCUT2D eigenvalue weighted by Gasteiger charge is 2.11. The van der Waals surface area contributed by atoms with Crippen molar-refractivity contribution in [1.82, 2.24) is 14.2 Å². The molecule has 0 fully saturated rings. The van der Waals surface area contributed by atoms with E-state index < -0.39 is 5.82 Å². The summed E-state index contributed by atoms with van der Waals surface area (Å²) in [7, 11) is 0. The van der Waals surface area contributed by atoms with Gasteiger partial charge in [-0.15, -0.1) is 0 Å². The van der Waals surface area contributed by atoms with E-state index in [-0.39, 0.29) is 22.9 Å². The van der Waals surface area contributed by atoms with Crippen LogP contribution in [0.5, 0.6) is 0 Å². The molecule has 0 unspecified atom stereocenters. The van der Waals surface area contributed by atoms with Crippen LogP contribution in [0.25, 0.3) is 16.8 Å². The molecule has 0 saturated heterocycles. The third-order valence-electron chi connectivity index (χ3n) is 4.10. The van der Waals surface area contributed by atoms with Gasteiger partial charge in [0.2, 0.25) is 0 Å². The number of hydrogen-bond donors (Lipinski definition) is 0. The average Bonchev–Trinajstić information content (AvgIpc) is 3.05. The van der Waals surface area contributed by atoms with E-state index in [1.165, 1.54) is 33.3 Å². The maximum atomic E-state index is 13.2. The zero-order chi connectivity index (χ0) is 18.3. The molecule has 0 radical (unpaired) electrons. The van der Waals surface area contributed by atoms with Crippen LogP contribution in [0.1, 0.15) is 5.56 Å². The summed E-state index contributed by atoms with van der Waals surface area (Å²) in [6, 6.07) is 11.6. The first-order chi connectivity index (χ1) is 12.5. The summed E-state index contributed by atoms with van der Waals surface area (Å²) in [5.41, 5.74) is 2.04. The van der Waals surface area contributed by atoms with E-state index in [2.05, 4.69) is 5.10 Å². The van der Waals surface area contributed by atoms with E-state index in [0.717, 1.165) is 0 Å². The minimum Gasteiger partial charge on any atom is -0.308 e. The molecule has 7 heteroatoms. The Labute approximate surface area is 151 Å². The Morgan fingerprint density at radius 2 is 1.69 bits per heavy atom. The van der Waals surface area contributed by atoms with Gasteiger partial charge in [-0.2, -0.15) is 5.10 Å². The lowest BCUT2D eigenvalue weighted by molar-refractivity contribution is 0.626. The summed E-state index contributed by atoms with van der Waals surface area (Å²) in [4.78, 5) is 12.7. The molecular weight excluding hydrogens is 360 g/mol. The summed E-state index contributed by atoms with van der Waals surface area (Å²) < 4.78 is 29.2. The lowest BCUT2D eigenvalue weighted by Crippen LogP contribution is -2.21. The number of benzene rings is 2. The lowest BCUT2D eigenvalue weighted by Gasteiger charge is -2.08. The van der Waals surface area contributed by atoms with Crippen LogP contribution in [-0.4, -0.2) is 14.2 Å². The molecule has 2 heterocycles. The molecule has 0 aliphatic carbocycles. The minimum atomic E-state index is -0.429. The summed E-state index contributed by atoms with van der Waals surface area (Å²) in [5.74, 6) is -0.766. The molecule has 4 aromatic rings. The second-order valence-electron chi connectivity index (χ2n) is 5.83. The molecule has 0 N–H and O–H groups in total. The number of hydrogen-bond acceptors (Lipinski definition) is 2. The Hall–Kier alpha value is -2.99. The molecule has 0 spiro atoms. The average molecular weight is 372 g/mol. The summed E-state index contributed by atoms with van der Waals surface area (Å²) in [6.45, 7) is 0.214. The number of halogens is 3. The van der Waals surface area contributed by atoms with E-state index in [1.807, 2.05) is 0 Å². The van der Waals surface area contributed by atoms with Gasteiger partial charge in [0.05, 0.1) is 12.2 Å². The largest absolute Gasteiger partial charge is 0.308 e. The predicted molar refractivity (Wildman–Crippen MR) is 95.4 cm³/mol. The van der Waals surface area contributed by atoms with E-state index >= 15 is 0 Å². The van der Waals surface area contributed by atoms with Crippen LogP contribution in [0.2, 0.25) is 5.02 Å². The molecular formula is C19H12ClF2N3O. The van der Waals surface area contributed by atoms with Crippen molar-refractivity contribution in [3.8, 4) is 11.3 Å². The smallest absolute Gasteiger partial charge is 0.276 e. The van der Waals surface area contributed by atoms with Gasteiger partial charge in [-0.25, -0.2) is 13.3 Å². The van der Waals surface area contributed by atoms with Crippen LogP contribution in [0.15, 0.2) is 65.7 Å². The van der Waals surface area contributed by atoms with E-state index in [9.17, 15) is 13.6 Å². The number of nitrogens with zero attached hydrogens (tertiary/aromatic N) is 3. The zero-order valence-electron chi connectivity index (χ0n) is 13.4. The molecule has 130 valence electrons. The Kier molecular flexibility index (Phi) is 4.05. The van der Waals surface area contributed by atoms with E-state index in [1.54, 1.807) is 36.7 Å². The van der Waals surface area contributed by atoms with Gasteiger partial charge in [0, 0.05) is 23.0 Å². The molecule has 0 atom stereocenters. The molecule has 2 aromatic heterocycles. The highest BCUT2D eigenvalue weighted by molar-refractivity contribution is 6.31. The molecule has 4 rings (SSSR count). The van der Waals surface area contributed by atoms with Crippen molar-refractivity contribution in [2.24, 2.45) is 0 Å². The SMILES string of the molecule is O=c1c2cc(-c3ccc(F)cc3)nn2ccn1Cc1ccc(F)cc1Cl. The van der Waals surface area contributed by atoms with Crippen molar-refractivity contribution >= 4 is 17.1 Å². The molecule has 0 aliphatic rings. The van der Waals surface area contributed by atoms with Crippen molar-refractivity contribution in [3.05, 3.63) is 93.5 Å². The maximum absolute atomic E-state index is 13.2. The van der Waals surface area contributed by atoms with Crippen molar-refractivity contribution in [3.63, 3.8) is 0 Å². The third kappa shape index (κ3) is 2.99. The van der Waals surface area contributed by atoms with Crippen LogP contribution in [-0.2, 0) is 6.54 Å². The normalized spacial score (nSPS) is 11.2. The monoisotopic (exact) mass is 371 g/mol. The highest BCUT2D eigenvalue weighted by Crippen LogP contribution is 2.20. The highest BCUT2D eigenvalue weighted by atomic mass is 35.5. The second kappa shape index (κ2) is 6.38. The van der Waals surface area contributed by atoms with Gasteiger partial charge >= 0.3 is 0 Å². The van der Waals surface area contributed by atoms with Gasteiger partial charge in [-0.1, -0.05) is 17.7 Å². The van der Waals surface area contributed by atoms with E-state index in [0.29, 0.717) is 22.3 Å². The number of aromatic nitrogens is 3. The fraction of sp³-hybridized carbons (Fsp3) is 0.0526. The topological polar surface area (TPSA) is 39.3 Å². The minimum absolute atomic E-state index is 0.214. The Morgan fingerprint density at radius 3 is 2.42 bits per heavy atom. The first kappa shape index (κ1) is 16.5. The lowest BCUT2D eigenvalue weighted by atomic mass is 10.1. The van der Waals surface area contributed by atoms with Crippen molar-refractivity contribution in [1.29, 1.82) is 0 Å². The predicted octanol–water partition coefficient (Wildman–Crippen LogP) is 4.14. The zero-order valence-corrected chi connectivity index (χ0v) is 14.1. The molecule has 0 bridgehead atoms. The molecule has 0 amide bonds. The van der Waals surface area contributed by atoms with Gasteiger partial charge in [-0.05, 0) is 48.0 Å². The molecule has 2 aromatic carbocycles. The van der Waals surface area contributed by atoms with E-state index in [4.69, 9.17) is 11.6 Å². The van der Waals surface area contributed by atoms with Crippen LogP contribution in [0.4, 0.5) is 8.78 Å². The van der Waals surface area contributed by atoms with Crippen molar-refractivity contribution < 1.29 is 8.78 Å². The third-order valence-corrected chi connectivity index (χ3v) is 4.45. The first-order valence-electron chi connectivity index (χ1n) is 7.80. The van der Waals surface area contributed by atoms with Crippen molar-refractivity contribution in [2.45, 2.75) is 6.54 Å². The standard InChI is InChI=1S/C19H12ClF2N3O/c20-16-9-15(22)6-3-13(16)11-24-7-8-25-18(19(24)26)10-17(23-25)12-1-4-14(21)5-2-12/h1-10H,11H2. The molecule has 26 heavy (non-hydrogen) atoms. The fourth-order valence-electron chi connectivity index (χ4n) is 2.75. The van der Waals surface area contributed by atoms with Gasteiger partial charge in [0.25, 0.3) is 5.56 Å². The Balaban J connectivity index is 1.75. The van der Waals surface area contributed by atoms with Crippen LogP contribution < -0.4 is 5.56 Å². The van der Waals surface area contributed by atoms with Gasteiger partial charge in [0.1, 0.15) is 17.2 Å². The Bertz CT molecular complexity index is 1170. The number of fused-ring (bicyclic) bond motifs is 1. The molecule has 4 nitrogen and oxygen atoms in total. The van der Waals surface area contributed by atoms with Gasteiger partial charge < -0.3 is 4.57 Å². The Morgan fingerprint density at radius 1 is 0.962 bits per heavy atom. The fourth-order valence-corrected chi connectivity index (χ4v) is 2.97.